The molecule has 2 atom stereocenters. The molecule has 2 aromatic rings. The third-order valence-electron chi connectivity index (χ3n) is 3.91. The highest BCUT2D eigenvalue weighted by Crippen LogP contribution is 2.48. The number of carbonyl (C=O) groups excluding carboxylic acids is 1. The molecule has 0 aliphatic heterocycles. The lowest BCUT2D eigenvalue weighted by atomic mass is 10.1. The Bertz CT molecular complexity index is 681. The van der Waals surface area contributed by atoms with Crippen molar-refractivity contribution in [2.45, 2.75) is 25.7 Å². The van der Waals surface area contributed by atoms with Crippen LogP contribution >= 0.6 is 0 Å². The van der Waals surface area contributed by atoms with Crippen LogP contribution in [0.25, 0.3) is 0 Å². The second-order valence-electron chi connectivity index (χ2n) is 5.71. The number of carbonyl (C=O) groups is 1. The van der Waals surface area contributed by atoms with Crippen molar-refractivity contribution >= 4 is 5.97 Å². The summed E-state index contributed by atoms with van der Waals surface area (Å²) >= 11 is 0. The van der Waals surface area contributed by atoms with Crippen molar-refractivity contribution in [3.8, 4) is 11.5 Å². The van der Waals surface area contributed by atoms with Crippen molar-refractivity contribution in [1.82, 2.24) is 0 Å². The maximum atomic E-state index is 13.7. The minimum atomic E-state index is -0.305. The van der Waals surface area contributed by atoms with E-state index in [0.717, 1.165) is 12.2 Å². The van der Waals surface area contributed by atoms with Crippen LogP contribution in [0.4, 0.5) is 4.39 Å². The average Bonchev–Trinajstić information content (AvgIpc) is 3.35. The summed E-state index contributed by atoms with van der Waals surface area (Å²) in [5.74, 6) is 0.338. The number of hydrogen-bond acceptors (Lipinski definition) is 3. The monoisotopic (exact) mass is 314 g/mol. The first kappa shape index (κ1) is 15.5. The quantitative estimate of drug-likeness (QED) is 0.588. The molecule has 2 unspecified atom stereocenters. The van der Waals surface area contributed by atoms with Gasteiger partial charge < -0.3 is 9.47 Å². The molecule has 1 fully saturated rings. The number of hydrogen-bond donors (Lipinski definition) is 0. The lowest BCUT2D eigenvalue weighted by Gasteiger charge is -2.07. The molecule has 1 saturated carbocycles. The van der Waals surface area contributed by atoms with Gasteiger partial charge in [0.25, 0.3) is 0 Å². The molecule has 4 heteroatoms. The number of rotatable bonds is 6. The molecular weight excluding hydrogens is 295 g/mol. The van der Waals surface area contributed by atoms with E-state index in [0.29, 0.717) is 24.3 Å². The van der Waals surface area contributed by atoms with E-state index in [1.165, 1.54) is 6.07 Å². The SMILES string of the molecule is CCCOc1ccc(OC(=O)C2CC2c2ccccc2F)cc1. The predicted molar refractivity (Wildman–Crippen MR) is 85.1 cm³/mol. The molecule has 1 aliphatic rings. The van der Waals surface area contributed by atoms with Gasteiger partial charge in [-0.25, -0.2) is 4.39 Å². The van der Waals surface area contributed by atoms with Crippen LogP contribution in [0.2, 0.25) is 0 Å². The van der Waals surface area contributed by atoms with Gasteiger partial charge in [-0.1, -0.05) is 25.1 Å². The first-order valence-corrected chi connectivity index (χ1v) is 7.88. The van der Waals surface area contributed by atoms with Crippen LogP contribution in [0.1, 0.15) is 31.2 Å². The minimum Gasteiger partial charge on any atom is -0.494 e. The van der Waals surface area contributed by atoms with Crippen LogP contribution in [-0.4, -0.2) is 12.6 Å². The Hall–Kier alpha value is -2.36. The Morgan fingerprint density at radius 1 is 1.13 bits per heavy atom. The molecule has 0 spiro atoms. The Morgan fingerprint density at radius 2 is 1.83 bits per heavy atom. The standard InChI is InChI=1S/C19H19FO3/c1-2-11-22-13-7-9-14(10-8-13)23-19(21)17-12-16(17)15-5-3-4-6-18(15)20/h3-10,16-17H,2,11-12H2,1H3. The summed E-state index contributed by atoms with van der Waals surface area (Å²) in [4.78, 5) is 12.2. The number of halogens is 1. The largest absolute Gasteiger partial charge is 0.494 e. The lowest BCUT2D eigenvalue weighted by molar-refractivity contribution is -0.135. The Morgan fingerprint density at radius 3 is 2.52 bits per heavy atom. The molecule has 0 saturated heterocycles. The Kier molecular flexibility index (Phi) is 4.60. The molecule has 0 amide bonds. The second kappa shape index (κ2) is 6.82. The predicted octanol–water partition coefficient (Wildman–Crippen LogP) is 4.32. The average molecular weight is 314 g/mol. The van der Waals surface area contributed by atoms with E-state index < -0.39 is 0 Å². The highest BCUT2D eigenvalue weighted by molar-refractivity contribution is 5.79. The van der Waals surface area contributed by atoms with E-state index >= 15 is 0 Å². The van der Waals surface area contributed by atoms with Gasteiger partial charge >= 0.3 is 5.97 Å². The zero-order valence-electron chi connectivity index (χ0n) is 13.0. The van der Waals surface area contributed by atoms with E-state index in [4.69, 9.17) is 9.47 Å². The van der Waals surface area contributed by atoms with Crippen LogP contribution < -0.4 is 9.47 Å². The first-order chi connectivity index (χ1) is 11.2. The summed E-state index contributed by atoms with van der Waals surface area (Å²) in [5, 5.41) is 0. The van der Waals surface area contributed by atoms with Crippen LogP contribution in [-0.2, 0) is 4.79 Å². The van der Waals surface area contributed by atoms with Gasteiger partial charge in [-0.2, -0.15) is 0 Å². The van der Waals surface area contributed by atoms with Crippen molar-refractivity contribution in [2.24, 2.45) is 5.92 Å². The molecule has 120 valence electrons. The summed E-state index contributed by atoms with van der Waals surface area (Å²) in [6.07, 6.45) is 1.58. The topological polar surface area (TPSA) is 35.5 Å². The van der Waals surface area contributed by atoms with Crippen LogP contribution in [0.5, 0.6) is 11.5 Å². The van der Waals surface area contributed by atoms with Crippen molar-refractivity contribution in [3.05, 3.63) is 59.9 Å². The smallest absolute Gasteiger partial charge is 0.314 e. The van der Waals surface area contributed by atoms with E-state index in [9.17, 15) is 9.18 Å². The van der Waals surface area contributed by atoms with Gasteiger partial charge in [0.2, 0.25) is 0 Å². The van der Waals surface area contributed by atoms with Gasteiger partial charge in [-0.15, -0.1) is 0 Å². The third kappa shape index (κ3) is 3.70. The maximum Gasteiger partial charge on any atom is 0.314 e. The summed E-state index contributed by atoms with van der Waals surface area (Å²) in [7, 11) is 0. The summed E-state index contributed by atoms with van der Waals surface area (Å²) in [6, 6.07) is 13.6. The van der Waals surface area contributed by atoms with Crippen molar-refractivity contribution < 1.29 is 18.7 Å². The molecule has 3 rings (SSSR count). The summed E-state index contributed by atoms with van der Waals surface area (Å²) < 4.78 is 24.6. The number of benzene rings is 2. The van der Waals surface area contributed by atoms with Gasteiger partial charge in [0, 0.05) is 5.92 Å². The summed E-state index contributed by atoms with van der Waals surface area (Å²) in [5.41, 5.74) is 0.595. The molecule has 2 aromatic carbocycles. The van der Waals surface area contributed by atoms with Gasteiger partial charge in [0.05, 0.1) is 12.5 Å². The van der Waals surface area contributed by atoms with Crippen molar-refractivity contribution in [2.75, 3.05) is 6.61 Å². The van der Waals surface area contributed by atoms with Gasteiger partial charge in [-0.05, 0) is 48.7 Å². The second-order valence-corrected chi connectivity index (χ2v) is 5.71. The lowest BCUT2D eigenvalue weighted by Crippen LogP contribution is -2.11. The zero-order chi connectivity index (χ0) is 16.2. The van der Waals surface area contributed by atoms with E-state index in [1.807, 2.05) is 6.92 Å². The maximum absolute atomic E-state index is 13.7. The third-order valence-corrected chi connectivity index (χ3v) is 3.91. The molecular formula is C19H19FO3. The molecule has 3 nitrogen and oxygen atoms in total. The van der Waals surface area contributed by atoms with E-state index in [-0.39, 0.29) is 23.6 Å². The Balaban J connectivity index is 1.57. The fourth-order valence-electron chi connectivity index (χ4n) is 2.59. The molecule has 23 heavy (non-hydrogen) atoms. The Labute approximate surface area is 135 Å². The fraction of sp³-hybridized carbons (Fsp3) is 0.316. The number of ether oxygens (including phenoxy) is 2. The van der Waals surface area contributed by atoms with Crippen LogP contribution in [0.3, 0.4) is 0 Å². The highest BCUT2D eigenvalue weighted by Gasteiger charge is 2.46. The highest BCUT2D eigenvalue weighted by atomic mass is 19.1. The van der Waals surface area contributed by atoms with Gasteiger partial charge in [0.15, 0.2) is 0 Å². The summed E-state index contributed by atoms with van der Waals surface area (Å²) in [6.45, 7) is 2.70. The van der Waals surface area contributed by atoms with Gasteiger partial charge in [-0.3, -0.25) is 4.79 Å². The molecule has 1 aliphatic carbocycles. The number of esters is 1. The minimum absolute atomic E-state index is 0.0733. The molecule has 0 bridgehead atoms. The van der Waals surface area contributed by atoms with Crippen molar-refractivity contribution in [3.63, 3.8) is 0 Å². The normalized spacial score (nSPS) is 19.2. The first-order valence-electron chi connectivity index (χ1n) is 7.88. The van der Waals surface area contributed by atoms with E-state index in [2.05, 4.69) is 0 Å². The molecule has 0 heterocycles. The molecule has 0 aromatic heterocycles. The fourth-order valence-corrected chi connectivity index (χ4v) is 2.59. The van der Waals surface area contributed by atoms with Crippen molar-refractivity contribution in [1.29, 1.82) is 0 Å². The van der Waals surface area contributed by atoms with Gasteiger partial charge in [0.1, 0.15) is 17.3 Å². The zero-order valence-corrected chi connectivity index (χ0v) is 13.0. The van der Waals surface area contributed by atoms with Crippen LogP contribution in [0, 0.1) is 11.7 Å². The van der Waals surface area contributed by atoms with E-state index in [1.54, 1.807) is 42.5 Å². The molecule has 0 radical (unpaired) electrons. The molecule has 0 N–H and O–H groups in total. The van der Waals surface area contributed by atoms with Crippen LogP contribution in [0.15, 0.2) is 48.5 Å².